The molecule has 0 radical (unpaired) electrons. The SMILES string of the molecule is CCOc1ccc(C(=O)NNC(=O)COc2ccc(C)cc2)cc1Br. The molecular weight excluding hydrogens is 388 g/mol. The van der Waals surface area contributed by atoms with Gasteiger partial charge in [-0.1, -0.05) is 17.7 Å². The van der Waals surface area contributed by atoms with E-state index in [0.717, 1.165) is 5.56 Å². The van der Waals surface area contributed by atoms with Crippen molar-refractivity contribution < 1.29 is 19.1 Å². The second-order valence-electron chi connectivity index (χ2n) is 5.18. The van der Waals surface area contributed by atoms with E-state index in [9.17, 15) is 9.59 Å². The van der Waals surface area contributed by atoms with Crippen molar-refractivity contribution in [3.05, 3.63) is 58.1 Å². The third-order valence-electron chi connectivity index (χ3n) is 3.20. The van der Waals surface area contributed by atoms with Crippen LogP contribution < -0.4 is 20.3 Å². The van der Waals surface area contributed by atoms with Crippen LogP contribution in [0.3, 0.4) is 0 Å². The molecule has 0 heterocycles. The molecule has 6 nitrogen and oxygen atoms in total. The molecular formula is C18H19BrN2O4. The lowest BCUT2D eigenvalue weighted by Gasteiger charge is -2.10. The van der Waals surface area contributed by atoms with Crippen molar-refractivity contribution >= 4 is 27.7 Å². The van der Waals surface area contributed by atoms with E-state index in [0.29, 0.717) is 28.1 Å². The van der Waals surface area contributed by atoms with Crippen LogP contribution in [-0.2, 0) is 4.79 Å². The van der Waals surface area contributed by atoms with E-state index in [1.165, 1.54) is 0 Å². The Morgan fingerprint density at radius 1 is 1.04 bits per heavy atom. The first-order valence-corrected chi connectivity index (χ1v) is 8.50. The van der Waals surface area contributed by atoms with Gasteiger partial charge in [-0.2, -0.15) is 0 Å². The Kier molecular flexibility index (Phi) is 6.82. The molecule has 2 aromatic rings. The maximum absolute atomic E-state index is 12.1. The molecule has 0 aliphatic rings. The number of amides is 2. The van der Waals surface area contributed by atoms with E-state index in [4.69, 9.17) is 9.47 Å². The fourth-order valence-electron chi connectivity index (χ4n) is 1.93. The van der Waals surface area contributed by atoms with Gasteiger partial charge in [0.1, 0.15) is 11.5 Å². The molecule has 2 amide bonds. The normalized spacial score (nSPS) is 10.0. The third kappa shape index (κ3) is 5.79. The molecule has 2 aromatic carbocycles. The number of carbonyl (C=O) groups is 2. The van der Waals surface area contributed by atoms with Gasteiger partial charge in [0.2, 0.25) is 0 Å². The maximum Gasteiger partial charge on any atom is 0.276 e. The van der Waals surface area contributed by atoms with E-state index in [1.54, 1.807) is 30.3 Å². The minimum absolute atomic E-state index is 0.198. The van der Waals surface area contributed by atoms with Crippen molar-refractivity contribution in [1.82, 2.24) is 10.9 Å². The van der Waals surface area contributed by atoms with Gasteiger partial charge in [0.15, 0.2) is 6.61 Å². The number of aryl methyl sites for hydroxylation is 1. The molecule has 0 spiro atoms. The molecule has 0 saturated heterocycles. The highest BCUT2D eigenvalue weighted by Crippen LogP contribution is 2.25. The summed E-state index contributed by atoms with van der Waals surface area (Å²) in [7, 11) is 0. The Morgan fingerprint density at radius 2 is 1.76 bits per heavy atom. The Morgan fingerprint density at radius 3 is 2.40 bits per heavy atom. The lowest BCUT2D eigenvalue weighted by molar-refractivity contribution is -0.123. The van der Waals surface area contributed by atoms with Gasteiger partial charge >= 0.3 is 0 Å². The number of hydrogen-bond acceptors (Lipinski definition) is 4. The zero-order valence-corrected chi connectivity index (χ0v) is 15.6. The van der Waals surface area contributed by atoms with Crippen LogP contribution in [0.2, 0.25) is 0 Å². The number of benzene rings is 2. The average Bonchev–Trinajstić information content (AvgIpc) is 2.61. The first-order chi connectivity index (χ1) is 12.0. The van der Waals surface area contributed by atoms with Crippen LogP contribution in [0.25, 0.3) is 0 Å². The standard InChI is InChI=1S/C18H19BrN2O4/c1-3-24-16-9-6-13(10-15(16)19)18(23)21-20-17(22)11-25-14-7-4-12(2)5-8-14/h4-10H,3,11H2,1-2H3,(H,20,22)(H,21,23). The summed E-state index contributed by atoms with van der Waals surface area (Å²) < 4.78 is 11.4. The zero-order valence-electron chi connectivity index (χ0n) is 14.0. The molecule has 0 aliphatic heterocycles. The van der Waals surface area contributed by atoms with Crippen molar-refractivity contribution in [3.8, 4) is 11.5 Å². The lowest BCUT2D eigenvalue weighted by atomic mass is 10.2. The molecule has 0 unspecified atom stereocenters. The molecule has 0 saturated carbocycles. The third-order valence-corrected chi connectivity index (χ3v) is 3.82. The van der Waals surface area contributed by atoms with Gasteiger partial charge in [0.25, 0.3) is 11.8 Å². The van der Waals surface area contributed by atoms with E-state index >= 15 is 0 Å². The van der Waals surface area contributed by atoms with Crippen LogP contribution in [0.1, 0.15) is 22.8 Å². The van der Waals surface area contributed by atoms with Crippen LogP contribution >= 0.6 is 15.9 Å². The number of rotatable bonds is 6. The summed E-state index contributed by atoms with van der Waals surface area (Å²) in [5.74, 6) is 0.337. The second kappa shape index (κ2) is 9.08. The molecule has 0 aliphatic carbocycles. The maximum atomic E-state index is 12.1. The van der Waals surface area contributed by atoms with Crippen LogP contribution in [0.4, 0.5) is 0 Å². The van der Waals surface area contributed by atoms with Crippen LogP contribution in [0.5, 0.6) is 11.5 Å². The summed E-state index contributed by atoms with van der Waals surface area (Å²) in [4.78, 5) is 23.8. The second-order valence-corrected chi connectivity index (χ2v) is 6.04. The minimum atomic E-state index is -0.459. The smallest absolute Gasteiger partial charge is 0.276 e. The minimum Gasteiger partial charge on any atom is -0.493 e. The highest BCUT2D eigenvalue weighted by Gasteiger charge is 2.10. The Labute approximate surface area is 154 Å². The van der Waals surface area contributed by atoms with Crippen LogP contribution in [0, 0.1) is 6.92 Å². The van der Waals surface area contributed by atoms with E-state index in [1.807, 2.05) is 26.0 Å². The first-order valence-electron chi connectivity index (χ1n) is 7.70. The van der Waals surface area contributed by atoms with Gasteiger partial charge in [-0.15, -0.1) is 0 Å². The number of hydrogen-bond donors (Lipinski definition) is 2. The molecule has 132 valence electrons. The highest BCUT2D eigenvalue weighted by molar-refractivity contribution is 9.10. The average molecular weight is 407 g/mol. The molecule has 2 N–H and O–H groups in total. The van der Waals surface area contributed by atoms with Crippen LogP contribution in [0.15, 0.2) is 46.9 Å². The summed E-state index contributed by atoms with van der Waals surface area (Å²) in [5, 5.41) is 0. The van der Waals surface area contributed by atoms with Crippen LogP contribution in [-0.4, -0.2) is 25.0 Å². The summed E-state index contributed by atoms with van der Waals surface area (Å²) in [6.07, 6.45) is 0. The quantitative estimate of drug-likeness (QED) is 0.722. The molecule has 25 heavy (non-hydrogen) atoms. The first kappa shape index (κ1) is 18.8. The zero-order chi connectivity index (χ0) is 18.2. The summed E-state index contributed by atoms with van der Waals surface area (Å²) in [6, 6.07) is 12.2. The summed E-state index contributed by atoms with van der Waals surface area (Å²) >= 11 is 3.34. The summed E-state index contributed by atoms with van der Waals surface area (Å²) in [5.41, 5.74) is 6.14. The Bertz CT molecular complexity index is 747. The predicted octanol–water partition coefficient (Wildman–Crippen LogP) is 3.00. The van der Waals surface area contributed by atoms with Gasteiger partial charge < -0.3 is 9.47 Å². The topological polar surface area (TPSA) is 76.7 Å². The number of nitrogens with one attached hydrogen (secondary N) is 2. The Balaban J connectivity index is 1.81. The monoisotopic (exact) mass is 406 g/mol. The van der Waals surface area contributed by atoms with Crippen molar-refractivity contribution in [1.29, 1.82) is 0 Å². The highest BCUT2D eigenvalue weighted by atomic mass is 79.9. The fraction of sp³-hybridized carbons (Fsp3) is 0.222. The molecule has 2 rings (SSSR count). The molecule has 0 bridgehead atoms. The predicted molar refractivity (Wildman–Crippen MR) is 97.6 cm³/mol. The number of hydrazine groups is 1. The van der Waals surface area contributed by atoms with Crippen molar-refractivity contribution in [2.75, 3.05) is 13.2 Å². The van der Waals surface area contributed by atoms with E-state index in [2.05, 4.69) is 26.8 Å². The molecule has 0 atom stereocenters. The summed E-state index contributed by atoms with van der Waals surface area (Å²) in [6.45, 7) is 4.17. The van der Waals surface area contributed by atoms with Crippen molar-refractivity contribution in [3.63, 3.8) is 0 Å². The van der Waals surface area contributed by atoms with Gasteiger partial charge in [0.05, 0.1) is 11.1 Å². The van der Waals surface area contributed by atoms with E-state index in [-0.39, 0.29) is 6.61 Å². The number of ether oxygens (including phenoxy) is 2. The van der Waals surface area contributed by atoms with Gasteiger partial charge in [0, 0.05) is 5.56 Å². The molecule has 0 aromatic heterocycles. The van der Waals surface area contributed by atoms with E-state index < -0.39 is 11.8 Å². The molecule has 0 fully saturated rings. The largest absolute Gasteiger partial charge is 0.493 e. The van der Waals surface area contributed by atoms with Gasteiger partial charge in [-0.25, -0.2) is 0 Å². The van der Waals surface area contributed by atoms with Crippen molar-refractivity contribution in [2.24, 2.45) is 0 Å². The molecule has 7 heteroatoms. The van der Waals surface area contributed by atoms with Crippen molar-refractivity contribution in [2.45, 2.75) is 13.8 Å². The fourth-order valence-corrected chi connectivity index (χ4v) is 2.43. The number of carbonyl (C=O) groups excluding carboxylic acids is 2. The van der Waals surface area contributed by atoms with Gasteiger partial charge in [-0.05, 0) is 60.1 Å². The number of halogens is 1. The Hall–Kier alpha value is -2.54. The van der Waals surface area contributed by atoms with Gasteiger partial charge in [-0.3, -0.25) is 20.4 Å². The lowest BCUT2D eigenvalue weighted by Crippen LogP contribution is -2.43.